The highest BCUT2D eigenvalue weighted by atomic mass is 79.9. The van der Waals surface area contributed by atoms with E-state index < -0.39 is 0 Å². The number of aliphatic hydroxyl groups is 1. The first-order valence-electron chi connectivity index (χ1n) is 6.23. The summed E-state index contributed by atoms with van der Waals surface area (Å²) in [5.41, 5.74) is 1.11. The highest BCUT2D eigenvalue weighted by molar-refractivity contribution is 9.10. The van der Waals surface area contributed by atoms with E-state index in [2.05, 4.69) is 32.2 Å². The van der Waals surface area contributed by atoms with E-state index in [1.807, 2.05) is 12.1 Å². The van der Waals surface area contributed by atoms with Gasteiger partial charge < -0.3 is 10.4 Å². The predicted octanol–water partition coefficient (Wildman–Crippen LogP) is 2.43. The van der Waals surface area contributed by atoms with Gasteiger partial charge in [-0.15, -0.1) is 0 Å². The van der Waals surface area contributed by atoms with E-state index in [0.717, 1.165) is 47.7 Å². The number of hydrogen-bond acceptors (Lipinski definition) is 3. The summed E-state index contributed by atoms with van der Waals surface area (Å²) in [6.45, 7) is 4.17. The quantitative estimate of drug-likeness (QED) is 0.888. The zero-order chi connectivity index (χ0) is 13.0. The minimum Gasteiger partial charge on any atom is -0.396 e. The minimum atomic E-state index is 0.182. The van der Waals surface area contributed by atoms with Crippen molar-refractivity contribution in [3.63, 3.8) is 0 Å². The van der Waals surface area contributed by atoms with E-state index in [1.54, 1.807) is 0 Å². The predicted molar refractivity (Wildman–Crippen MR) is 78.0 cm³/mol. The Morgan fingerprint density at radius 3 is 2.72 bits per heavy atom. The van der Waals surface area contributed by atoms with Crippen LogP contribution in [0, 0.1) is 0 Å². The number of halogens is 2. The molecule has 2 rings (SSSR count). The number of nitrogens with zero attached hydrogens (tertiary/aromatic N) is 1. The average molecular weight is 334 g/mol. The highest BCUT2D eigenvalue weighted by Gasteiger charge is 2.23. The Morgan fingerprint density at radius 2 is 2.11 bits per heavy atom. The minimum absolute atomic E-state index is 0.182. The lowest BCUT2D eigenvalue weighted by Crippen LogP contribution is -2.45. The van der Waals surface area contributed by atoms with Crippen molar-refractivity contribution in [1.29, 1.82) is 0 Å². The molecule has 1 heterocycles. The molecular weight excluding hydrogens is 316 g/mol. The van der Waals surface area contributed by atoms with Crippen LogP contribution in [0.3, 0.4) is 0 Å². The Hall–Kier alpha value is -0.130. The second kappa shape index (κ2) is 6.87. The first-order valence-corrected chi connectivity index (χ1v) is 7.40. The summed E-state index contributed by atoms with van der Waals surface area (Å²) in [7, 11) is 0. The van der Waals surface area contributed by atoms with Crippen LogP contribution < -0.4 is 5.32 Å². The van der Waals surface area contributed by atoms with Gasteiger partial charge in [-0.3, -0.25) is 4.90 Å². The van der Waals surface area contributed by atoms with Gasteiger partial charge in [0.1, 0.15) is 0 Å². The normalized spacial score (nSPS) is 18.8. The van der Waals surface area contributed by atoms with Gasteiger partial charge >= 0.3 is 0 Å². The fourth-order valence-electron chi connectivity index (χ4n) is 2.42. The van der Waals surface area contributed by atoms with Crippen LogP contribution in [-0.4, -0.2) is 42.8 Å². The lowest BCUT2D eigenvalue weighted by molar-refractivity contribution is 0.141. The van der Waals surface area contributed by atoms with Crippen LogP contribution in [0.15, 0.2) is 22.7 Å². The van der Waals surface area contributed by atoms with E-state index >= 15 is 0 Å². The van der Waals surface area contributed by atoms with Crippen molar-refractivity contribution < 1.29 is 5.11 Å². The van der Waals surface area contributed by atoms with Crippen LogP contribution in [0.25, 0.3) is 0 Å². The highest BCUT2D eigenvalue weighted by Crippen LogP contribution is 2.32. The summed E-state index contributed by atoms with van der Waals surface area (Å²) in [6.07, 6.45) is 0.724. The lowest BCUT2D eigenvalue weighted by Gasteiger charge is -2.35. The van der Waals surface area contributed by atoms with Crippen LogP contribution in [-0.2, 0) is 0 Å². The molecule has 0 aliphatic carbocycles. The van der Waals surface area contributed by atoms with Crippen LogP contribution in [0.2, 0.25) is 5.02 Å². The van der Waals surface area contributed by atoms with Crippen molar-refractivity contribution in [3.05, 3.63) is 33.3 Å². The SMILES string of the molecule is OCC[C@H](c1ccc(Br)cc1Cl)N1CCNCC1. The first-order chi connectivity index (χ1) is 8.72. The maximum absolute atomic E-state index is 9.28. The summed E-state index contributed by atoms with van der Waals surface area (Å²) < 4.78 is 0.985. The largest absolute Gasteiger partial charge is 0.396 e. The summed E-state index contributed by atoms with van der Waals surface area (Å²) in [5.74, 6) is 0. The third-order valence-electron chi connectivity index (χ3n) is 3.32. The molecule has 1 atom stereocenters. The van der Waals surface area contributed by atoms with Crippen LogP contribution in [0.5, 0.6) is 0 Å². The molecule has 1 aliphatic heterocycles. The van der Waals surface area contributed by atoms with E-state index in [0.29, 0.717) is 0 Å². The Labute approximate surface area is 121 Å². The standard InChI is InChI=1S/C13H18BrClN2O/c14-10-1-2-11(12(15)9-10)13(3-8-18)17-6-4-16-5-7-17/h1-2,9,13,16,18H,3-8H2/t13-/m1/s1. The zero-order valence-electron chi connectivity index (χ0n) is 10.2. The van der Waals surface area contributed by atoms with Crippen LogP contribution in [0.4, 0.5) is 0 Å². The van der Waals surface area contributed by atoms with E-state index in [9.17, 15) is 5.11 Å². The first kappa shape index (κ1) is 14.3. The van der Waals surface area contributed by atoms with Gasteiger partial charge in [-0.25, -0.2) is 0 Å². The number of rotatable bonds is 4. The molecule has 1 aromatic carbocycles. The topological polar surface area (TPSA) is 35.5 Å². The van der Waals surface area contributed by atoms with Gasteiger partial charge in [-0.1, -0.05) is 33.6 Å². The fraction of sp³-hybridized carbons (Fsp3) is 0.538. The molecule has 5 heteroatoms. The van der Waals surface area contributed by atoms with Gasteiger partial charge in [0, 0.05) is 48.3 Å². The third-order valence-corrected chi connectivity index (χ3v) is 4.14. The van der Waals surface area contributed by atoms with Gasteiger partial charge in [0.05, 0.1) is 0 Å². The number of hydrogen-bond donors (Lipinski definition) is 2. The Kier molecular flexibility index (Phi) is 5.45. The number of nitrogens with one attached hydrogen (secondary N) is 1. The number of piperazine rings is 1. The van der Waals surface area contributed by atoms with Gasteiger partial charge in [0.25, 0.3) is 0 Å². The summed E-state index contributed by atoms with van der Waals surface area (Å²) in [4.78, 5) is 2.39. The average Bonchev–Trinajstić information content (AvgIpc) is 2.38. The molecule has 2 N–H and O–H groups in total. The second-order valence-corrected chi connectivity index (χ2v) is 5.80. The monoisotopic (exact) mass is 332 g/mol. The maximum atomic E-state index is 9.28. The molecule has 3 nitrogen and oxygen atoms in total. The van der Waals surface area contributed by atoms with Crippen molar-refractivity contribution in [2.24, 2.45) is 0 Å². The molecule has 18 heavy (non-hydrogen) atoms. The van der Waals surface area contributed by atoms with Crippen molar-refractivity contribution in [2.45, 2.75) is 12.5 Å². The molecule has 0 amide bonds. The Bertz CT molecular complexity index is 397. The van der Waals surface area contributed by atoms with E-state index in [1.165, 1.54) is 0 Å². The van der Waals surface area contributed by atoms with Crippen molar-refractivity contribution >= 4 is 27.5 Å². The van der Waals surface area contributed by atoms with Gasteiger partial charge in [0.2, 0.25) is 0 Å². The van der Waals surface area contributed by atoms with E-state index in [-0.39, 0.29) is 12.6 Å². The smallest absolute Gasteiger partial charge is 0.0465 e. The molecule has 1 fully saturated rings. The molecule has 1 aromatic rings. The molecule has 0 bridgehead atoms. The van der Waals surface area contributed by atoms with Gasteiger partial charge in [-0.05, 0) is 24.1 Å². The van der Waals surface area contributed by atoms with Crippen LogP contribution in [0.1, 0.15) is 18.0 Å². The van der Waals surface area contributed by atoms with Crippen LogP contribution >= 0.6 is 27.5 Å². The molecule has 1 aliphatic rings. The Balaban J connectivity index is 2.22. The zero-order valence-corrected chi connectivity index (χ0v) is 12.5. The summed E-state index contributed by atoms with van der Waals surface area (Å²) in [5, 5.41) is 13.4. The molecule has 0 saturated carbocycles. The lowest BCUT2D eigenvalue weighted by atomic mass is 10.0. The molecule has 0 radical (unpaired) electrons. The summed E-state index contributed by atoms with van der Waals surface area (Å²) >= 11 is 9.75. The fourth-order valence-corrected chi connectivity index (χ4v) is 3.22. The van der Waals surface area contributed by atoms with E-state index in [4.69, 9.17) is 11.6 Å². The number of aliphatic hydroxyl groups excluding tert-OH is 1. The van der Waals surface area contributed by atoms with Crippen molar-refractivity contribution in [3.8, 4) is 0 Å². The molecule has 1 saturated heterocycles. The molecule has 0 spiro atoms. The molecular formula is C13H18BrClN2O. The molecule has 0 unspecified atom stereocenters. The molecule has 0 aromatic heterocycles. The third kappa shape index (κ3) is 3.45. The van der Waals surface area contributed by atoms with Gasteiger partial charge in [-0.2, -0.15) is 0 Å². The summed E-state index contributed by atoms with van der Waals surface area (Å²) in [6, 6.07) is 6.18. The van der Waals surface area contributed by atoms with Crippen molar-refractivity contribution in [1.82, 2.24) is 10.2 Å². The van der Waals surface area contributed by atoms with Crippen molar-refractivity contribution in [2.75, 3.05) is 32.8 Å². The Morgan fingerprint density at radius 1 is 1.39 bits per heavy atom. The molecule has 100 valence electrons. The van der Waals surface area contributed by atoms with Gasteiger partial charge in [0.15, 0.2) is 0 Å². The number of benzene rings is 1. The second-order valence-electron chi connectivity index (χ2n) is 4.48. The maximum Gasteiger partial charge on any atom is 0.0465 e.